The summed E-state index contributed by atoms with van der Waals surface area (Å²) < 4.78 is 29.2. The fraction of sp³-hybridized carbons (Fsp3) is 0.250. The third kappa shape index (κ3) is 5.10. The van der Waals surface area contributed by atoms with Gasteiger partial charge in [0.2, 0.25) is 15.9 Å². The van der Waals surface area contributed by atoms with E-state index >= 15 is 0 Å². The summed E-state index contributed by atoms with van der Waals surface area (Å²) in [7, 11) is -3.65. The largest absolute Gasteiger partial charge is 0.324 e. The van der Waals surface area contributed by atoms with Gasteiger partial charge < -0.3 is 5.32 Å². The summed E-state index contributed by atoms with van der Waals surface area (Å²) >= 11 is 7.51. The fourth-order valence-electron chi connectivity index (χ4n) is 4.03. The van der Waals surface area contributed by atoms with Crippen molar-refractivity contribution in [3.05, 3.63) is 66.1 Å². The molecule has 0 aliphatic carbocycles. The van der Waals surface area contributed by atoms with Crippen molar-refractivity contribution in [3.8, 4) is 5.69 Å². The number of hydrogen-bond donors (Lipinski definition) is 1. The van der Waals surface area contributed by atoms with E-state index in [4.69, 9.17) is 11.6 Å². The van der Waals surface area contributed by atoms with Crippen LogP contribution in [0.2, 0.25) is 5.02 Å². The van der Waals surface area contributed by atoms with E-state index in [2.05, 4.69) is 20.4 Å². The maximum absolute atomic E-state index is 13.0. The van der Waals surface area contributed by atoms with Crippen molar-refractivity contribution >= 4 is 56.0 Å². The number of sulfonamides is 1. The Kier molecular flexibility index (Phi) is 7.24. The number of fused-ring (bicyclic) bond motifs is 1. The number of anilines is 1. The number of amides is 1. The first-order valence-corrected chi connectivity index (χ1v) is 14.2. The molecule has 9 nitrogen and oxygen atoms in total. The van der Waals surface area contributed by atoms with Crippen LogP contribution in [-0.4, -0.2) is 57.2 Å². The summed E-state index contributed by atoms with van der Waals surface area (Å²) in [6.45, 7) is 0.995. The lowest BCUT2D eigenvalue weighted by molar-refractivity contribution is -0.113. The minimum absolute atomic E-state index is 0.0437. The Morgan fingerprint density at radius 3 is 2.61 bits per heavy atom. The molecule has 1 aliphatic heterocycles. The summed E-state index contributed by atoms with van der Waals surface area (Å²) in [6, 6.07) is 14.0. The number of thioether (sulfide) groups is 1. The maximum atomic E-state index is 13.0. The summed E-state index contributed by atoms with van der Waals surface area (Å²) in [5.41, 5.74) is 1.76. The topological polar surface area (TPSA) is 110 Å². The van der Waals surface area contributed by atoms with Gasteiger partial charge in [-0.3, -0.25) is 4.79 Å². The highest BCUT2D eigenvalue weighted by Gasteiger charge is 2.26. The molecule has 0 bridgehead atoms. The highest BCUT2D eigenvalue weighted by Crippen LogP contribution is 2.30. The molecule has 1 N–H and O–H groups in total. The van der Waals surface area contributed by atoms with Crippen LogP contribution in [0, 0.1) is 0 Å². The predicted molar refractivity (Wildman–Crippen MR) is 140 cm³/mol. The number of carbonyl (C=O) groups is 1. The first-order chi connectivity index (χ1) is 17.4. The molecule has 0 unspecified atom stereocenters. The van der Waals surface area contributed by atoms with Crippen LogP contribution in [0.5, 0.6) is 0 Å². The second-order valence-corrected chi connectivity index (χ2v) is 11.6. The average Bonchev–Trinajstić information content (AvgIpc) is 3.34. The summed E-state index contributed by atoms with van der Waals surface area (Å²) in [5.74, 6) is -0.293. The Morgan fingerprint density at radius 2 is 1.83 bits per heavy atom. The Balaban J connectivity index is 1.30. The zero-order chi connectivity index (χ0) is 25.1. The Morgan fingerprint density at radius 1 is 1.06 bits per heavy atom. The molecule has 2 aromatic carbocycles. The van der Waals surface area contributed by atoms with E-state index in [-0.39, 0.29) is 27.3 Å². The van der Waals surface area contributed by atoms with Crippen LogP contribution in [0.1, 0.15) is 19.3 Å². The van der Waals surface area contributed by atoms with Crippen molar-refractivity contribution in [1.29, 1.82) is 0 Å². The number of nitrogens with one attached hydrogen (secondary N) is 1. The third-order valence-electron chi connectivity index (χ3n) is 5.83. The van der Waals surface area contributed by atoms with E-state index in [1.54, 1.807) is 10.9 Å². The van der Waals surface area contributed by atoms with Crippen LogP contribution >= 0.6 is 23.4 Å². The van der Waals surface area contributed by atoms with Crippen LogP contribution in [0.4, 0.5) is 5.69 Å². The van der Waals surface area contributed by atoms with E-state index in [9.17, 15) is 13.2 Å². The molecule has 1 fully saturated rings. The zero-order valence-electron chi connectivity index (χ0n) is 19.2. The molecule has 0 spiro atoms. The number of carbonyl (C=O) groups excluding carboxylic acids is 1. The van der Waals surface area contributed by atoms with Gasteiger partial charge in [-0.2, -0.15) is 9.40 Å². The smallest absolute Gasteiger partial charge is 0.243 e. The number of aromatic nitrogens is 4. The normalized spacial score (nSPS) is 14.7. The molecule has 36 heavy (non-hydrogen) atoms. The maximum Gasteiger partial charge on any atom is 0.243 e. The predicted octanol–water partition coefficient (Wildman–Crippen LogP) is 4.37. The summed E-state index contributed by atoms with van der Waals surface area (Å²) in [4.78, 5) is 21.5. The van der Waals surface area contributed by atoms with Crippen LogP contribution in [-0.2, 0) is 14.8 Å². The quantitative estimate of drug-likeness (QED) is 0.272. The highest BCUT2D eigenvalue weighted by atomic mass is 35.5. The van der Waals surface area contributed by atoms with Crippen molar-refractivity contribution in [3.63, 3.8) is 0 Å². The monoisotopic (exact) mass is 542 g/mol. The molecule has 3 heterocycles. The van der Waals surface area contributed by atoms with Crippen LogP contribution in [0.15, 0.2) is 71.0 Å². The van der Waals surface area contributed by atoms with Gasteiger partial charge in [-0.05, 0) is 43.2 Å². The van der Waals surface area contributed by atoms with Gasteiger partial charge in [0.15, 0.2) is 5.65 Å². The standard InChI is InChI=1S/C24H23ClN6O3S2/c25-20-10-9-18(36(33,34)30-11-5-2-6-12-30)13-21(20)29-22(32)15-35-24-19-14-28-31(23(19)26-16-27-24)17-7-3-1-4-8-17/h1,3-4,7-10,13-14,16H,2,5-6,11-12,15H2,(H,29,32). The van der Waals surface area contributed by atoms with Gasteiger partial charge in [-0.25, -0.2) is 23.1 Å². The van der Waals surface area contributed by atoms with Gasteiger partial charge in [-0.15, -0.1) is 0 Å². The minimum Gasteiger partial charge on any atom is -0.324 e. The van der Waals surface area contributed by atoms with Crippen LogP contribution in [0.25, 0.3) is 16.7 Å². The summed E-state index contributed by atoms with van der Waals surface area (Å²) in [6.07, 6.45) is 5.82. The van der Waals surface area contributed by atoms with Gasteiger partial charge in [0.05, 0.1) is 38.6 Å². The van der Waals surface area contributed by atoms with Crippen molar-refractivity contribution in [2.75, 3.05) is 24.2 Å². The lowest BCUT2D eigenvalue weighted by atomic mass is 10.2. The number of para-hydroxylation sites is 1. The van der Waals surface area contributed by atoms with E-state index in [1.165, 1.54) is 40.6 Å². The minimum atomic E-state index is -3.65. The van der Waals surface area contributed by atoms with E-state index in [0.717, 1.165) is 30.3 Å². The molecule has 5 rings (SSSR count). The number of halogens is 1. The molecule has 1 saturated heterocycles. The Labute approximate surface area is 217 Å². The average molecular weight is 543 g/mol. The number of rotatable bonds is 7. The third-order valence-corrected chi connectivity index (χ3v) is 9.06. The number of piperidine rings is 1. The van der Waals surface area contributed by atoms with Crippen molar-refractivity contribution in [1.82, 2.24) is 24.1 Å². The Bertz CT molecular complexity index is 1510. The van der Waals surface area contributed by atoms with Crippen molar-refractivity contribution < 1.29 is 13.2 Å². The molecular formula is C24H23ClN6O3S2. The molecule has 0 atom stereocenters. The molecule has 1 aliphatic rings. The van der Waals surface area contributed by atoms with Crippen molar-refractivity contribution in [2.24, 2.45) is 0 Å². The molecule has 2 aromatic heterocycles. The second-order valence-electron chi connectivity index (χ2n) is 8.25. The van der Waals surface area contributed by atoms with Gasteiger partial charge in [0.1, 0.15) is 11.4 Å². The zero-order valence-corrected chi connectivity index (χ0v) is 21.6. The van der Waals surface area contributed by atoms with Crippen LogP contribution in [0.3, 0.4) is 0 Å². The summed E-state index contributed by atoms with van der Waals surface area (Å²) in [5, 5.41) is 8.77. The second kappa shape index (κ2) is 10.6. The van der Waals surface area contributed by atoms with Gasteiger partial charge in [0, 0.05) is 13.1 Å². The first kappa shape index (κ1) is 24.7. The molecule has 0 radical (unpaired) electrons. The lowest BCUT2D eigenvalue weighted by Gasteiger charge is -2.26. The van der Waals surface area contributed by atoms with E-state index < -0.39 is 10.0 Å². The molecule has 1 amide bonds. The molecule has 186 valence electrons. The molecule has 0 saturated carbocycles. The first-order valence-electron chi connectivity index (χ1n) is 11.4. The molecule has 4 aromatic rings. The Hall–Kier alpha value is -2.99. The SMILES string of the molecule is O=C(CSc1ncnc2c1cnn2-c1ccccc1)Nc1cc(S(=O)(=O)N2CCCCC2)ccc1Cl. The number of nitrogens with zero attached hydrogens (tertiary/aromatic N) is 5. The van der Waals surface area contributed by atoms with E-state index in [0.29, 0.717) is 23.8 Å². The highest BCUT2D eigenvalue weighted by molar-refractivity contribution is 8.00. The van der Waals surface area contributed by atoms with Gasteiger partial charge >= 0.3 is 0 Å². The van der Waals surface area contributed by atoms with Gasteiger partial charge in [0.25, 0.3) is 0 Å². The fourth-order valence-corrected chi connectivity index (χ4v) is 6.50. The van der Waals surface area contributed by atoms with E-state index in [1.807, 2.05) is 30.3 Å². The molecule has 12 heteroatoms. The van der Waals surface area contributed by atoms with Crippen LogP contribution < -0.4 is 5.32 Å². The lowest BCUT2D eigenvalue weighted by Crippen LogP contribution is -2.35. The number of hydrogen-bond acceptors (Lipinski definition) is 7. The van der Waals surface area contributed by atoms with Crippen molar-refractivity contribution in [2.45, 2.75) is 29.2 Å². The number of benzene rings is 2. The molecular weight excluding hydrogens is 520 g/mol. The van der Waals surface area contributed by atoms with Gasteiger partial charge in [-0.1, -0.05) is 48.0 Å².